The normalized spacial score (nSPS) is 9.60. The molecule has 2 rings (SSSR count). The molecule has 0 aliphatic carbocycles. The fourth-order valence-electron chi connectivity index (χ4n) is 1.16. The predicted molar refractivity (Wildman–Crippen MR) is 61.5 cm³/mol. The molecule has 0 radical (unpaired) electrons. The van der Waals surface area contributed by atoms with Crippen LogP contribution in [0.5, 0.6) is 5.75 Å². The summed E-state index contributed by atoms with van der Waals surface area (Å²) in [7, 11) is 0. The van der Waals surface area contributed by atoms with Gasteiger partial charge in [-0.05, 0) is 36.4 Å². The van der Waals surface area contributed by atoms with E-state index in [0.29, 0.717) is 0 Å². The van der Waals surface area contributed by atoms with Gasteiger partial charge in [0.1, 0.15) is 0 Å². The molecule has 3 N–H and O–H groups in total. The summed E-state index contributed by atoms with van der Waals surface area (Å²) in [5.74, 6) is 0.730. The molecule has 0 atom stereocenters. The number of nitrogens with one attached hydrogen (secondary N) is 1. The number of para-hydroxylation sites is 1. The molecule has 0 saturated carbocycles. The third-order valence-corrected chi connectivity index (χ3v) is 1.94. The lowest BCUT2D eigenvalue weighted by atomic mass is 10.3. The minimum atomic E-state index is 0.724. The highest BCUT2D eigenvalue weighted by Gasteiger charge is 1.93. The average Bonchev–Trinajstić information content (AvgIpc) is 2.30. The van der Waals surface area contributed by atoms with Crippen LogP contribution in [0.2, 0.25) is 0 Å². The van der Waals surface area contributed by atoms with E-state index in [0.717, 1.165) is 17.1 Å². The Bertz CT molecular complexity index is 411. The molecule has 0 bridgehead atoms. The summed E-state index contributed by atoms with van der Waals surface area (Å²) in [4.78, 5) is 5.34. The predicted octanol–water partition coefficient (Wildman–Crippen LogP) is 2.67. The third-order valence-electron chi connectivity index (χ3n) is 1.94. The topological polar surface area (TPSA) is 47.3 Å². The molecule has 0 unspecified atom stereocenters. The first-order chi connectivity index (χ1) is 7.34. The van der Waals surface area contributed by atoms with E-state index >= 15 is 0 Å². The number of benzene rings is 2. The molecule has 2 aromatic rings. The molecule has 0 aliphatic rings. The molecule has 2 aromatic carbocycles. The summed E-state index contributed by atoms with van der Waals surface area (Å²) >= 11 is 0. The molecule has 76 valence electrons. The first-order valence-electron chi connectivity index (χ1n) is 4.68. The van der Waals surface area contributed by atoms with Crippen LogP contribution in [0.3, 0.4) is 0 Å². The van der Waals surface area contributed by atoms with Crippen molar-refractivity contribution in [1.29, 1.82) is 0 Å². The van der Waals surface area contributed by atoms with Gasteiger partial charge >= 0.3 is 0 Å². The summed E-state index contributed by atoms with van der Waals surface area (Å²) in [6.45, 7) is 0. The van der Waals surface area contributed by atoms with E-state index in [1.54, 1.807) is 12.1 Å². The van der Waals surface area contributed by atoms with Crippen molar-refractivity contribution < 1.29 is 4.84 Å². The Labute approximate surface area is 88.4 Å². The second-order valence-corrected chi connectivity index (χ2v) is 3.14. The van der Waals surface area contributed by atoms with Gasteiger partial charge < -0.3 is 10.6 Å². The lowest BCUT2D eigenvalue weighted by Crippen LogP contribution is -2.04. The number of hydrogen-bond acceptors (Lipinski definition) is 3. The Kier molecular flexibility index (Phi) is 2.74. The van der Waals surface area contributed by atoms with Crippen molar-refractivity contribution in [2.45, 2.75) is 0 Å². The number of hydrogen-bond donors (Lipinski definition) is 2. The Hall–Kier alpha value is -2.16. The Morgan fingerprint density at radius 3 is 2.20 bits per heavy atom. The highest BCUT2D eigenvalue weighted by molar-refractivity contribution is 5.44. The van der Waals surface area contributed by atoms with E-state index in [4.69, 9.17) is 10.6 Å². The van der Waals surface area contributed by atoms with Gasteiger partial charge in [0.2, 0.25) is 0 Å². The van der Waals surface area contributed by atoms with Gasteiger partial charge in [0.15, 0.2) is 5.75 Å². The maximum Gasteiger partial charge on any atom is 0.155 e. The van der Waals surface area contributed by atoms with Crippen molar-refractivity contribution in [3.05, 3.63) is 54.6 Å². The zero-order valence-electron chi connectivity index (χ0n) is 8.18. The van der Waals surface area contributed by atoms with E-state index in [1.807, 2.05) is 42.5 Å². The van der Waals surface area contributed by atoms with Crippen LogP contribution in [-0.4, -0.2) is 0 Å². The van der Waals surface area contributed by atoms with Crippen LogP contribution in [0.15, 0.2) is 54.6 Å². The van der Waals surface area contributed by atoms with Gasteiger partial charge in [-0.25, -0.2) is 5.48 Å². The van der Waals surface area contributed by atoms with Crippen molar-refractivity contribution >= 4 is 11.4 Å². The summed E-state index contributed by atoms with van der Waals surface area (Å²) in [6, 6.07) is 16.9. The molecule has 0 spiro atoms. The van der Waals surface area contributed by atoms with E-state index < -0.39 is 0 Å². The third kappa shape index (κ3) is 2.64. The first kappa shape index (κ1) is 9.40. The molecule has 0 amide bonds. The van der Waals surface area contributed by atoms with Gasteiger partial charge in [0.05, 0.1) is 5.69 Å². The lowest BCUT2D eigenvalue weighted by molar-refractivity contribution is 0.405. The van der Waals surface area contributed by atoms with E-state index in [-0.39, 0.29) is 0 Å². The molecule has 0 fully saturated rings. The van der Waals surface area contributed by atoms with Crippen molar-refractivity contribution in [1.82, 2.24) is 0 Å². The van der Waals surface area contributed by atoms with Gasteiger partial charge in [-0.2, -0.15) is 0 Å². The fourth-order valence-corrected chi connectivity index (χ4v) is 1.16. The zero-order chi connectivity index (χ0) is 10.5. The van der Waals surface area contributed by atoms with Gasteiger partial charge in [0, 0.05) is 5.69 Å². The second kappa shape index (κ2) is 4.37. The smallest absolute Gasteiger partial charge is 0.155 e. The van der Waals surface area contributed by atoms with Crippen LogP contribution in [0.25, 0.3) is 0 Å². The maximum atomic E-state index is 5.56. The SMILES string of the molecule is Nc1ccc(ONc2ccccc2)cc1. The van der Waals surface area contributed by atoms with Gasteiger partial charge in [-0.15, -0.1) is 0 Å². The summed E-state index contributed by atoms with van der Waals surface area (Å²) < 4.78 is 0. The first-order valence-corrected chi connectivity index (χ1v) is 4.68. The fraction of sp³-hybridized carbons (Fsp3) is 0. The highest BCUT2D eigenvalue weighted by atomic mass is 16.6. The van der Waals surface area contributed by atoms with Crippen LogP contribution in [0, 0.1) is 0 Å². The molecule has 0 aromatic heterocycles. The number of nitrogen functional groups attached to an aromatic ring is 1. The maximum absolute atomic E-state index is 5.56. The van der Waals surface area contributed by atoms with Crippen molar-refractivity contribution in [2.75, 3.05) is 11.2 Å². The molecular weight excluding hydrogens is 188 g/mol. The van der Waals surface area contributed by atoms with Crippen molar-refractivity contribution in [2.24, 2.45) is 0 Å². The minimum absolute atomic E-state index is 0.724. The van der Waals surface area contributed by atoms with Gasteiger partial charge in [-0.1, -0.05) is 18.2 Å². The average molecular weight is 200 g/mol. The van der Waals surface area contributed by atoms with Gasteiger partial charge in [-0.3, -0.25) is 0 Å². The largest absolute Gasteiger partial charge is 0.399 e. The monoisotopic (exact) mass is 200 g/mol. The van der Waals surface area contributed by atoms with E-state index in [9.17, 15) is 0 Å². The summed E-state index contributed by atoms with van der Waals surface area (Å²) in [5, 5.41) is 0. The quantitative estimate of drug-likeness (QED) is 0.591. The van der Waals surface area contributed by atoms with Gasteiger partial charge in [0.25, 0.3) is 0 Å². The molecule has 3 heteroatoms. The zero-order valence-corrected chi connectivity index (χ0v) is 8.18. The van der Waals surface area contributed by atoms with Crippen LogP contribution < -0.4 is 16.1 Å². The van der Waals surface area contributed by atoms with Crippen LogP contribution in [0.4, 0.5) is 11.4 Å². The molecular formula is C12H12N2O. The number of nitrogens with two attached hydrogens (primary N) is 1. The van der Waals surface area contributed by atoms with E-state index in [1.165, 1.54) is 0 Å². The Morgan fingerprint density at radius 1 is 0.867 bits per heavy atom. The molecule has 0 saturated heterocycles. The second-order valence-electron chi connectivity index (χ2n) is 3.14. The summed E-state index contributed by atoms with van der Waals surface area (Å²) in [6.07, 6.45) is 0. The number of rotatable bonds is 3. The van der Waals surface area contributed by atoms with Crippen molar-refractivity contribution in [3.8, 4) is 5.75 Å². The Morgan fingerprint density at radius 2 is 1.53 bits per heavy atom. The van der Waals surface area contributed by atoms with Crippen LogP contribution >= 0.6 is 0 Å². The molecule has 15 heavy (non-hydrogen) atoms. The highest BCUT2D eigenvalue weighted by Crippen LogP contribution is 2.14. The molecule has 3 nitrogen and oxygen atoms in total. The standard InChI is InChI=1S/C12H12N2O/c13-10-6-8-12(9-7-10)15-14-11-4-2-1-3-5-11/h1-9,14H,13H2. The lowest BCUT2D eigenvalue weighted by Gasteiger charge is -2.07. The van der Waals surface area contributed by atoms with Crippen molar-refractivity contribution in [3.63, 3.8) is 0 Å². The van der Waals surface area contributed by atoms with Crippen LogP contribution in [0.1, 0.15) is 0 Å². The molecule has 0 heterocycles. The van der Waals surface area contributed by atoms with Crippen LogP contribution in [-0.2, 0) is 0 Å². The van der Waals surface area contributed by atoms with E-state index in [2.05, 4.69) is 5.48 Å². The summed E-state index contributed by atoms with van der Waals surface area (Å²) in [5.41, 5.74) is 10.0. The molecule has 0 aliphatic heterocycles. The Balaban J connectivity index is 1.96. The minimum Gasteiger partial charge on any atom is -0.399 e. The number of anilines is 2.